The molecule has 3 rings (SSSR count). The van der Waals surface area contributed by atoms with Crippen LogP contribution in [-0.4, -0.2) is 85.0 Å². The van der Waals surface area contributed by atoms with E-state index in [0.717, 1.165) is 71.4 Å². The zero-order valence-electron chi connectivity index (χ0n) is 16.2. The maximum absolute atomic E-state index is 12.7. The molecule has 2 aliphatic heterocycles. The molecule has 0 aromatic carbocycles. The molecule has 2 aliphatic rings. The Morgan fingerprint density at radius 3 is 2.85 bits per heavy atom. The molecular formula is C19H33N5O2. The number of piperidine rings is 2. The molecule has 1 aromatic heterocycles. The Bertz CT molecular complexity index is 560. The van der Waals surface area contributed by atoms with E-state index in [1.165, 1.54) is 0 Å². The molecule has 0 radical (unpaired) electrons. The lowest BCUT2D eigenvalue weighted by molar-refractivity contribution is 0.00616. The predicted octanol–water partition coefficient (Wildman–Crippen LogP) is 1.38. The first-order chi connectivity index (χ1) is 12.6. The van der Waals surface area contributed by atoms with Crippen molar-refractivity contribution in [1.82, 2.24) is 24.9 Å². The molecule has 0 spiro atoms. The summed E-state index contributed by atoms with van der Waals surface area (Å²) in [6.45, 7) is 5.39. The van der Waals surface area contributed by atoms with Gasteiger partial charge in [-0.15, -0.1) is 0 Å². The number of aromatic nitrogens is 2. The summed E-state index contributed by atoms with van der Waals surface area (Å²) in [4.78, 5) is 16.8. The second kappa shape index (κ2) is 9.48. The Labute approximate surface area is 156 Å². The van der Waals surface area contributed by atoms with Crippen molar-refractivity contribution in [3.05, 3.63) is 18.0 Å². The number of hydrogen-bond acceptors (Lipinski definition) is 5. The second-order valence-electron chi connectivity index (χ2n) is 7.70. The van der Waals surface area contributed by atoms with Crippen molar-refractivity contribution in [3.8, 4) is 0 Å². The highest BCUT2D eigenvalue weighted by Gasteiger charge is 2.26. The van der Waals surface area contributed by atoms with Gasteiger partial charge in [0.2, 0.25) is 0 Å². The SMILES string of the molecule is CN(C)CCCOC1CCN(C(=O)c2ccn(C3CCCNC3)n2)CC1. The molecule has 2 saturated heterocycles. The fourth-order valence-electron chi connectivity index (χ4n) is 3.73. The van der Waals surface area contributed by atoms with Crippen molar-refractivity contribution < 1.29 is 9.53 Å². The highest BCUT2D eigenvalue weighted by molar-refractivity contribution is 5.92. The summed E-state index contributed by atoms with van der Waals surface area (Å²) in [5.74, 6) is 0.0542. The van der Waals surface area contributed by atoms with Crippen molar-refractivity contribution in [2.45, 2.75) is 44.2 Å². The van der Waals surface area contributed by atoms with Gasteiger partial charge in [0.25, 0.3) is 5.91 Å². The van der Waals surface area contributed by atoms with E-state index in [0.29, 0.717) is 11.7 Å². The number of carbonyl (C=O) groups is 1. The van der Waals surface area contributed by atoms with Gasteiger partial charge in [-0.25, -0.2) is 0 Å². The lowest BCUT2D eigenvalue weighted by atomic mass is 10.1. The highest BCUT2D eigenvalue weighted by Crippen LogP contribution is 2.18. The van der Waals surface area contributed by atoms with E-state index in [-0.39, 0.29) is 12.0 Å². The number of nitrogens with zero attached hydrogens (tertiary/aromatic N) is 4. The summed E-state index contributed by atoms with van der Waals surface area (Å²) in [7, 11) is 4.16. The molecule has 146 valence electrons. The quantitative estimate of drug-likeness (QED) is 0.742. The highest BCUT2D eigenvalue weighted by atomic mass is 16.5. The van der Waals surface area contributed by atoms with Gasteiger partial charge >= 0.3 is 0 Å². The summed E-state index contributed by atoms with van der Waals surface area (Å²) in [5, 5.41) is 7.95. The molecule has 3 heterocycles. The lowest BCUT2D eigenvalue weighted by Crippen LogP contribution is -2.41. The van der Waals surface area contributed by atoms with Crippen LogP contribution in [0.3, 0.4) is 0 Å². The fraction of sp³-hybridized carbons (Fsp3) is 0.789. The van der Waals surface area contributed by atoms with Crippen molar-refractivity contribution >= 4 is 5.91 Å². The third-order valence-corrected chi connectivity index (χ3v) is 5.30. The van der Waals surface area contributed by atoms with Gasteiger partial charge in [0.05, 0.1) is 12.1 Å². The van der Waals surface area contributed by atoms with Gasteiger partial charge in [-0.3, -0.25) is 9.48 Å². The molecule has 0 saturated carbocycles. The molecule has 1 atom stereocenters. The average molecular weight is 364 g/mol. The van der Waals surface area contributed by atoms with Crippen LogP contribution in [0.5, 0.6) is 0 Å². The van der Waals surface area contributed by atoms with Crippen LogP contribution in [-0.2, 0) is 4.74 Å². The molecule has 26 heavy (non-hydrogen) atoms. The van der Waals surface area contributed by atoms with Gasteiger partial charge in [-0.05, 0) is 65.4 Å². The Balaban J connectivity index is 1.43. The summed E-state index contributed by atoms with van der Waals surface area (Å²) in [5.41, 5.74) is 0.570. The summed E-state index contributed by atoms with van der Waals surface area (Å²) in [6, 6.07) is 2.23. The van der Waals surface area contributed by atoms with E-state index < -0.39 is 0 Å². The van der Waals surface area contributed by atoms with Crippen LogP contribution < -0.4 is 5.32 Å². The van der Waals surface area contributed by atoms with Crippen molar-refractivity contribution in [2.24, 2.45) is 0 Å². The minimum absolute atomic E-state index is 0.0542. The minimum Gasteiger partial charge on any atom is -0.378 e. The molecule has 1 N–H and O–H groups in total. The Kier molecular flexibility index (Phi) is 7.05. The number of ether oxygens (including phenoxy) is 1. The number of carbonyl (C=O) groups excluding carboxylic acids is 1. The van der Waals surface area contributed by atoms with Crippen LogP contribution in [0.2, 0.25) is 0 Å². The molecule has 7 nitrogen and oxygen atoms in total. The van der Waals surface area contributed by atoms with Crippen LogP contribution in [0.25, 0.3) is 0 Å². The van der Waals surface area contributed by atoms with E-state index >= 15 is 0 Å². The molecule has 7 heteroatoms. The Hall–Kier alpha value is -1.44. The van der Waals surface area contributed by atoms with Gasteiger partial charge in [0.15, 0.2) is 0 Å². The van der Waals surface area contributed by atoms with Crippen LogP contribution in [0.4, 0.5) is 0 Å². The van der Waals surface area contributed by atoms with E-state index in [1.807, 2.05) is 21.8 Å². The summed E-state index contributed by atoms with van der Waals surface area (Å²) in [6.07, 6.45) is 7.41. The van der Waals surface area contributed by atoms with Gasteiger partial charge in [-0.2, -0.15) is 5.10 Å². The first-order valence-corrected chi connectivity index (χ1v) is 9.95. The summed E-state index contributed by atoms with van der Waals surface area (Å²) < 4.78 is 7.92. The Morgan fingerprint density at radius 2 is 2.15 bits per heavy atom. The number of nitrogens with one attached hydrogen (secondary N) is 1. The largest absolute Gasteiger partial charge is 0.378 e. The van der Waals surface area contributed by atoms with E-state index in [9.17, 15) is 4.79 Å². The number of rotatable bonds is 7. The third-order valence-electron chi connectivity index (χ3n) is 5.30. The van der Waals surface area contributed by atoms with Gasteiger partial charge in [0.1, 0.15) is 5.69 Å². The van der Waals surface area contributed by atoms with Crippen LogP contribution in [0, 0.1) is 0 Å². The van der Waals surface area contributed by atoms with Gasteiger partial charge in [-0.1, -0.05) is 0 Å². The third kappa shape index (κ3) is 5.28. The molecule has 1 aromatic rings. The second-order valence-corrected chi connectivity index (χ2v) is 7.70. The average Bonchev–Trinajstić information content (AvgIpc) is 3.16. The van der Waals surface area contributed by atoms with E-state index in [1.54, 1.807) is 0 Å². The van der Waals surface area contributed by atoms with Crippen LogP contribution >= 0.6 is 0 Å². The minimum atomic E-state index is 0.0542. The van der Waals surface area contributed by atoms with E-state index in [2.05, 4.69) is 29.4 Å². The lowest BCUT2D eigenvalue weighted by Gasteiger charge is -2.31. The monoisotopic (exact) mass is 363 g/mol. The topological polar surface area (TPSA) is 62.6 Å². The standard InChI is InChI=1S/C19H33N5O2/c1-22(2)10-4-14-26-17-6-11-23(12-7-17)19(25)18-8-13-24(21-18)16-5-3-9-20-15-16/h8,13,16-17,20H,3-7,9-12,14-15H2,1-2H3. The van der Waals surface area contributed by atoms with Crippen molar-refractivity contribution in [2.75, 3.05) is 53.4 Å². The van der Waals surface area contributed by atoms with Gasteiger partial charge < -0.3 is 19.9 Å². The van der Waals surface area contributed by atoms with Crippen molar-refractivity contribution in [3.63, 3.8) is 0 Å². The first-order valence-electron chi connectivity index (χ1n) is 9.95. The van der Waals surface area contributed by atoms with Crippen LogP contribution in [0.1, 0.15) is 48.6 Å². The van der Waals surface area contributed by atoms with E-state index in [4.69, 9.17) is 4.74 Å². The summed E-state index contributed by atoms with van der Waals surface area (Å²) >= 11 is 0. The normalized spacial score (nSPS) is 22.1. The Morgan fingerprint density at radius 1 is 1.35 bits per heavy atom. The molecule has 1 unspecified atom stereocenters. The predicted molar refractivity (Wildman–Crippen MR) is 101 cm³/mol. The molecule has 1 amide bonds. The first kappa shape index (κ1) is 19.3. The molecule has 2 fully saturated rings. The zero-order chi connectivity index (χ0) is 18.4. The van der Waals surface area contributed by atoms with Crippen molar-refractivity contribution in [1.29, 1.82) is 0 Å². The molecular weight excluding hydrogens is 330 g/mol. The smallest absolute Gasteiger partial charge is 0.274 e. The number of likely N-dealkylation sites (tertiary alicyclic amines) is 1. The zero-order valence-corrected chi connectivity index (χ0v) is 16.2. The maximum Gasteiger partial charge on any atom is 0.274 e. The maximum atomic E-state index is 12.7. The van der Waals surface area contributed by atoms with Crippen LogP contribution in [0.15, 0.2) is 12.3 Å². The number of hydrogen-bond donors (Lipinski definition) is 1. The molecule has 0 bridgehead atoms. The fourth-order valence-corrected chi connectivity index (χ4v) is 3.73. The molecule has 0 aliphatic carbocycles. The number of amides is 1. The van der Waals surface area contributed by atoms with Gasteiger partial charge in [0, 0.05) is 32.4 Å².